The summed E-state index contributed by atoms with van der Waals surface area (Å²) in [4.78, 5) is 37.4. The fourth-order valence-electron chi connectivity index (χ4n) is 3.63. The molecule has 0 aliphatic heterocycles. The SMILES string of the molecule is CC(C)C(=O)[C@H](CN)NC(=O)[C@@H](NC(=O)C(CN)C1CCCCC1)[C@H](C)O. The van der Waals surface area contributed by atoms with Crippen LogP contribution in [0.4, 0.5) is 0 Å². The molecule has 0 spiro atoms. The maximum atomic E-state index is 12.7. The standard InChI is InChI=1S/C19H36N4O4/c1-11(2)17(25)15(10-21)22-19(27)16(12(3)24)23-18(26)14(9-20)13-7-5-4-6-8-13/h11-16,24H,4-10,20-21H2,1-3H3,(H,22,27)(H,23,26)/t12-,14?,15-,16-/m0/s1. The maximum absolute atomic E-state index is 12.7. The maximum Gasteiger partial charge on any atom is 0.245 e. The van der Waals surface area contributed by atoms with E-state index in [-0.39, 0.29) is 42.5 Å². The Morgan fingerprint density at radius 3 is 2.00 bits per heavy atom. The molecule has 0 radical (unpaired) electrons. The minimum Gasteiger partial charge on any atom is -0.391 e. The van der Waals surface area contributed by atoms with Gasteiger partial charge in [-0.05, 0) is 25.7 Å². The minimum atomic E-state index is -1.16. The summed E-state index contributed by atoms with van der Waals surface area (Å²) in [7, 11) is 0. The van der Waals surface area contributed by atoms with Crippen molar-refractivity contribution in [3.8, 4) is 0 Å². The number of carbonyl (C=O) groups excluding carboxylic acids is 3. The summed E-state index contributed by atoms with van der Waals surface area (Å²) in [6.45, 7) is 5.02. The highest BCUT2D eigenvalue weighted by Crippen LogP contribution is 2.29. The highest BCUT2D eigenvalue weighted by atomic mass is 16.3. The van der Waals surface area contributed by atoms with E-state index >= 15 is 0 Å². The normalized spacial score (nSPS) is 19.8. The highest BCUT2D eigenvalue weighted by Gasteiger charge is 2.34. The molecule has 7 N–H and O–H groups in total. The molecule has 156 valence electrons. The number of aliphatic hydroxyl groups is 1. The van der Waals surface area contributed by atoms with E-state index in [1.54, 1.807) is 13.8 Å². The molecule has 27 heavy (non-hydrogen) atoms. The van der Waals surface area contributed by atoms with Crippen LogP contribution in [0.1, 0.15) is 52.9 Å². The van der Waals surface area contributed by atoms with Gasteiger partial charge in [0.15, 0.2) is 5.78 Å². The molecule has 1 rings (SSSR count). The molecule has 0 saturated heterocycles. The van der Waals surface area contributed by atoms with Gasteiger partial charge < -0.3 is 27.2 Å². The van der Waals surface area contributed by atoms with Gasteiger partial charge in [0.05, 0.1) is 18.1 Å². The molecule has 8 nitrogen and oxygen atoms in total. The van der Waals surface area contributed by atoms with E-state index < -0.39 is 24.1 Å². The van der Waals surface area contributed by atoms with E-state index in [0.29, 0.717) is 0 Å². The number of hydrogen-bond acceptors (Lipinski definition) is 6. The van der Waals surface area contributed by atoms with Crippen LogP contribution in [-0.4, -0.2) is 54.0 Å². The molecule has 1 unspecified atom stereocenters. The monoisotopic (exact) mass is 384 g/mol. The Balaban J connectivity index is 2.79. The molecule has 1 saturated carbocycles. The van der Waals surface area contributed by atoms with Crippen molar-refractivity contribution in [1.29, 1.82) is 0 Å². The van der Waals surface area contributed by atoms with Gasteiger partial charge in [-0.25, -0.2) is 0 Å². The molecule has 0 aromatic carbocycles. The van der Waals surface area contributed by atoms with Crippen LogP contribution in [0, 0.1) is 17.8 Å². The largest absolute Gasteiger partial charge is 0.391 e. The van der Waals surface area contributed by atoms with Gasteiger partial charge in [0.25, 0.3) is 0 Å². The number of rotatable bonds is 10. The van der Waals surface area contributed by atoms with E-state index in [0.717, 1.165) is 25.7 Å². The molecule has 1 aliphatic rings. The van der Waals surface area contributed by atoms with Crippen LogP contribution in [-0.2, 0) is 14.4 Å². The lowest BCUT2D eigenvalue weighted by atomic mass is 9.79. The smallest absolute Gasteiger partial charge is 0.245 e. The topological polar surface area (TPSA) is 148 Å². The first kappa shape index (κ1) is 23.5. The zero-order chi connectivity index (χ0) is 20.6. The van der Waals surface area contributed by atoms with Gasteiger partial charge in [-0.2, -0.15) is 0 Å². The van der Waals surface area contributed by atoms with Crippen molar-refractivity contribution in [2.24, 2.45) is 29.2 Å². The van der Waals surface area contributed by atoms with Crippen molar-refractivity contribution < 1.29 is 19.5 Å². The summed E-state index contributed by atoms with van der Waals surface area (Å²) >= 11 is 0. The van der Waals surface area contributed by atoms with Gasteiger partial charge in [-0.15, -0.1) is 0 Å². The predicted octanol–water partition coefficient (Wildman–Crippen LogP) is -0.324. The minimum absolute atomic E-state index is 0.0449. The number of amides is 2. The fourth-order valence-corrected chi connectivity index (χ4v) is 3.63. The Bertz CT molecular complexity index is 504. The third-order valence-electron chi connectivity index (χ3n) is 5.34. The molecule has 0 heterocycles. The predicted molar refractivity (Wildman–Crippen MR) is 104 cm³/mol. The molecule has 4 atom stereocenters. The lowest BCUT2D eigenvalue weighted by Crippen LogP contribution is -2.59. The summed E-state index contributed by atoms with van der Waals surface area (Å²) in [5.74, 6) is -1.62. The summed E-state index contributed by atoms with van der Waals surface area (Å²) in [6, 6.07) is -2.01. The Morgan fingerprint density at radius 1 is 0.963 bits per heavy atom. The Morgan fingerprint density at radius 2 is 1.56 bits per heavy atom. The molecule has 2 amide bonds. The second-order valence-electron chi connectivity index (χ2n) is 7.82. The first-order valence-electron chi connectivity index (χ1n) is 9.95. The van der Waals surface area contributed by atoms with E-state index in [9.17, 15) is 19.5 Å². The lowest BCUT2D eigenvalue weighted by molar-refractivity contribution is -0.136. The third-order valence-corrected chi connectivity index (χ3v) is 5.34. The number of Topliss-reactive ketones (excluding diaryl/α,β-unsaturated/α-hetero) is 1. The van der Waals surface area contributed by atoms with Crippen LogP contribution < -0.4 is 22.1 Å². The average molecular weight is 385 g/mol. The number of nitrogens with two attached hydrogens (primary N) is 2. The van der Waals surface area contributed by atoms with Gasteiger partial charge in [0.1, 0.15) is 6.04 Å². The quantitative estimate of drug-likeness (QED) is 0.348. The summed E-state index contributed by atoms with van der Waals surface area (Å²) in [5.41, 5.74) is 11.4. The van der Waals surface area contributed by atoms with Crippen LogP contribution in [0.3, 0.4) is 0 Å². The molecule has 1 aliphatic carbocycles. The molecule has 0 aromatic rings. The Labute approximate surface area is 161 Å². The molecule has 1 fully saturated rings. The summed E-state index contributed by atoms with van der Waals surface area (Å²) in [5, 5.41) is 15.2. The van der Waals surface area contributed by atoms with Crippen molar-refractivity contribution in [3.05, 3.63) is 0 Å². The molecule has 8 heteroatoms. The molecule has 0 bridgehead atoms. The molecule has 0 aromatic heterocycles. The van der Waals surface area contributed by atoms with Crippen molar-refractivity contribution in [2.75, 3.05) is 13.1 Å². The van der Waals surface area contributed by atoms with Gasteiger partial charge in [0.2, 0.25) is 11.8 Å². The lowest BCUT2D eigenvalue weighted by Gasteiger charge is -2.31. The van der Waals surface area contributed by atoms with Crippen molar-refractivity contribution in [1.82, 2.24) is 10.6 Å². The number of ketones is 1. The van der Waals surface area contributed by atoms with Crippen molar-refractivity contribution in [3.63, 3.8) is 0 Å². The van der Waals surface area contributed by atoms with Crippen LogP contribution in [0.25, 0.3) is 0 Å². The van der Waals surface area contributed by atoms with Crippen molar-refractivity contribution in [2.45, 2.75) is 71.1 Å². The summed E-state index contributed by atoms with van der Waals surface area (Å²) in [6.07, 6.45) is 4.08. The van der Waals surface area contributed by atoms with Crippen LogP contribution >= 0.6 is 0 Å². The second kappa shape index (κ2) is 11.4. The first-order chi connectivity index (χ1) is 12.7. The zero-order valence-electron chi connectivity index (χ0n) is 16.7. The van der Waals surface area contributed by atoms with E-state index in [1.165, 1.54) is 13.3 Å². The first-order valence-corrected chi connectivity index (χ1v) is 9.95. The van der Waals surface area contributed by atoms with Gasteiger partial charge in [-0.1, -0.05) is 33.1 Å². The number of hydrogen-bond donors (Lipinski definition) is 5. The highest BCUT2D eigenvalue weighted by molar-refractivity contribution is 5.94. The van der Waals surface area contributed by atoms with Gasteiger partial charge in [-0.3, -0.25) is 14.4 Å². The van der Waals surface area contributed by atoms with Gasteiger partial charge in [0, 0.05) is 19.0 Å². The number of nitrogens with one attached hydrogen (secondary N) is 2. The van der Waals surface area contributed by atoms with Gasteiger partial charge >= 0.3 is 0 Å². The fraction of sp³-hybridized carbons (Fsp3) is 0.842. The Hall–Kier alpha value is -1.51. The molecular weight excluding hydrogens is 348 g/mol. The van der Waals surface area contributed by atoms with Crippen molar-refractivity contribution >= 4 is 17.6 Å². The Kier molecular flexibility index (Phi) is 9.90. The second-order valence-corrected chi connectivity index (χ2v) is 7.82. The number of carbonyl (C=O) groups is 3. The van der Waals surface area contributed by atoms with Crippen LogP contribution in [0.5, 0.6) is 0 Å². The summed E-state index contributed by atoms with van der Waals surface area (Å²) < 4.78 is 0. The van der Waals surface area contributed by atoms with E-state index in [2.05, 4.69) is 10.6 Å². The van der Waals surface area contributed by atoms with Crippen LogP contribution in [0.2, 0.25) is 0 Å². The average Bonchev–Trinajstić information content (AvgIpc) is 2.64. The molecular formula is C19H36N4O4. The van der Waals surface area contributed by atoms with E-state index in [4.69, 9.17) is 11.5 Å². The van der Waals surface area contributed by atoms with Crippen LogP contribution in [0.15, 0.2) is 0 Å². The zero-order valence-corrected chi connectivity index (χ0v) is 16.7. The van der Waals surface area contributed by atoms with E-state index in [1.807, 2.05) is 0 Å². The number of aliphatic hydroxyl groups excluding tert-OH is 1. The third kappa shape index (κ3) is 6.86.